The summed E-state index contributed by atoms with van der Waals surface area (Å²) in [6.07, 6.45) is 1.60. The van der Waals surface area contributed by atoms with Crippen molar-refractivity contribution in [3.05, 3.63) is 53.7 Å². The lowest BCUT2D eigenvalue weighted by Gasteiger charge is -2.19. The molecule has 1 N–H and O–H groups in total. The fourth-order valence-electron chi connectivity index (χ4n) is 1.98. The second-order valence-corrected chi connectivity index (χ2v) is 5.05. The van der Waals surface area contributed by atoms with Crippen molar-refractivity contribution in [3.63, 3.8) is 0 Å². The number of aromatic nitrogens is 1. The summed E-state index contributed by atoms with van der Waals surface area (Å²) in [5, 5.41) is 3.11. The number of ether oxygens (including phenoxy) is 1. The highest BCUT2D eigenvalue weighted by molar-refractivity contribution is 5.53. The number of anilines is 1. The quantitative estimate of drug-likeness (QED) is 0.891. The average molecular weight is 292 g/mol. The Balaban J connectivity index is 2.23. The highest BCUT2D eigenvalue weighted by Gasteiger charge is 2.15. The molecule has 21 heavy (non-hydrogen) atoms. The molecule has 1 unspecified atom stereocenters. The van der Waals surface area contributed by atoms with Crippen LogP contribution in [0.3, 0.4) is 0 Å². The molecule has 1 aromatic heterocycles. The third-order valence-electron chi connectivity index (χ3n) is 2.92. The van der Waals surface area contributed by atoms with Crippen LogP contribution in [0.25, 0.3) is 0 Å². The number of hydrogen-bond acceptors (Lipinski definition) is 3. The van der Waals surface area contributed by atoms with E-state index in [4.69, 9.17) is 4.74 Å². The van der Waals surface area contributed by atoms with Gasteiger partial charge in [-0.1, -0.05) is 0 Å². The molecular weight excluding hydrogens is 274 g/mol. The van der Waals surface area contributed by atoms with Crippen molar-refractivity contribution in [2.24, 2.45) is 0 Å². The largest absolute Gasteiger partial charge is 0.473 e. The topological polar surface area (TPSA) is 34.1 Å². The predicted molar refractivity (Wildman–Crippen MR) is 78.4 cm³/mol. The van der Waals surface area contributed by atoms with E-state index in [0.29, 0.717) is 11.6 Å². The Kier molecular flexibility index (Phi) is 4.73. The summed E-state index contributed by atoms with van der Waals surface area (Å²) in [5.74, 6) is -0.479. The molecule has 1 aromatic carbocycles. The third kappa shape index (κ3) is 3.90. The van der Waals surface area contributed by atoms with Crippen molar-refractivity contribution in [2.75, 3.05) is 5.32 Å². The molecule has 0 radical (unpaired) electrons. The Morgan fingerprint density at radius 1 is 1.14 bits per heavy atom. The Labute approximate surface area is 123 Å². The van der Waals surface area contributed by atoms with Gasteiger partial charge in [0.1, 0.15) is 11.6 Å². The maximum atomic E-state index is 13.8. The summed E-state index contributed by atoms with van der Waals surface area (Å²) in [6, 6.07) is 6.54. The Morgan fingerprint density at radius 2 is 1.90 bits per heavy atom. The molecule has 0 bridgehead atoms. The molecule has 0 fully saturated rings. The lowest BCUT2D eigenvalue weighted by molar-refractivity contribution is 0.234. The van der Waals surface area contributed by atoms with Gasteiger partial charge in [0.25, 0.3) is 0 Å². The van der Waals surface area contributed by atoms with Gasteiger partial charge < -0.3 is 10.1 Å². The molecular formula is C16H18F2N2O. The summed E-state index contributed by atoms with van der Waals surface area (Å²) >= 11 is 0. The van der Waals surface area contributed by atoms with E-state index in [1.165, 1.54) is 6.07 Å². The van der Waals surface area contributed by atoms with Crippen molar-refractivity contribution < 1.29 is 13.5 Å². The molecule has 2 rings (SSSR count). The minimum Gasteiger partial charge on any atom is -0.473 e. The van der Waals surface area contributed by atoms with Gasteiger partial charge in [-0.2, -0.15) is 0 Å². The second-order valence-electron chi connectivity index (χ2n) is 5.05. The van der Waals surface area contributed by atoms with Crippen molar-refractivity contribution in [1.82, 2.24) is 4.98 Å². The summed E-state index contributed by atoms with van der Waals surface area (Å²) in [7, 11) is 0. The average Bonchev–Trinajstić information content (AvgIpc) is 2.43. The number of benzene rings is 1. The van der Waals surface area contributed by atoms with Crippen LogP contribution >= 0.6 is 0 Å². The van der Waals surface area contributed by atoms with Gasteiger partial charge in [0, 0.05) is 11.8 Å². The van der Waals surface area contributed by atoms with Gasteiger partial charge >= 0.3 is 0 Å². The van der Waals surface area contributed by atoms with Crippen molar-refractivity contribution in [2.45, 2.75) is 32.9 Å². The van der Waals surface area contributed by atoms with Gasteiger partial charge in [-0.25, -0.2) is 13.8 Å². The molecule has 0 amide bonds. The van der Waals surface area contributed by atoms with E-state index in [9.17, 15) is 8.78 Å². The maximum absolute atomic E-state index is 13.8. The molecule has 5 heteroatoms. The van der Waals surface area contributed by atoms with Crippen molar-refractivity contribution >= 4 is 5.69 Å². The monoisotopic (exact) mass is 292 g/mol. The number of nitrogens with zero attached hydrogens (tertiary/aromatic N) is 1. The zero-order valence-electron chi connectivity index (χ0n) is 12.2. The molecule has 1 heterocycles. The normalized spacial score (nSPS) is 12.3. The number of pyridine rings is 1. The molecule has 0 aliphatic heterocycles. The SMILES string of the molecule is CC(C)Oc1ncccc1NC(C)c1cc(F)ccc1F. The van der Waals surface area contributed by atoms with Crippen LogP contribution in [0, 0.1) is 11.6 Å². The Hall–Kier alpha value is -2.17. The molecule has 0 spiro atoms. The minimum atomic E-state index is -0.468. The van der Waals surface area contributed by atoms with Gasteiger partial charge in [-0.05, 0) is 51.1 Å². The predicted octanol–water partition coefficient (Wildman–Crippen LogP) is 4.32. The van der Waals surface area contributed by atoms with Crippen LogP contribution in [-0.2, 0) is 0 Å². The highest BCUT2D eigenvalue weighted by atomic mass is 19.1. The highest BCUT2D eigenvalue weighted by Crippen LogP contribution is 2.28. The van der Waals surface area contributed by atoms with Gasteiger partial charge in [-0.15, -0.1) is 0 Å². The Morgan fingerprint density at radius 3 is 2.62 bits per heavy atom. The number of halogens is 2. The maximum Gasteiger partial charge on any atom is 0.237 e. The van der Waals surface area contributed by atoms with Gasteiger partial charge in [-0.3, -0.25) is 0 Å². The fourth-order valence-corrected chi connectivity index (χ4v) is 1.98. The summed E-state index contributed by atoms with van der Waals surface area (Å²) in [5.41, 5.74) is 0.900. The first kappa shape index (κ1) is 15.2. The zero-order valence-corrected chi connectivity index (χ0v) is 12.2. The van der Waals surface area contributed by atoms with E-state index in [0.717, 1.165) is 12.1 Å². The van der Waals surface area contributed by atoms with Crippen LogP contribution in [0.15, 0.2) is 36.5 Å². The lowest BCUT2D eigenvalue weighted by atomic mass is 10.1. The second kappa shape index (κ2) is 6.52. The first-order valence-electron chi connectivity index (χ1n) is 6.80. The number of nitrogens with one attached hydrogen (secondary N) is 1. The summed E-state index contributed by atoms with van der Waals surface area (Å²) < 4.78 is 32.6. The van der Waals surface area contributed by atoms with Crippen molar-refractivity contribution in [3.8, 4) is 5.88 Å². The van der Waals surface area contributed by atoms with E-state index in [1.54, 1.807) is 25.3 Å². The summed E-state index contributed by atoms with van der Waals surface area (Å²) in [4.78, 5) is 4.15. The van der Waals surface area contributed by atoms with E-state index < -0.39 is 17.7 Å². The van der Waals surface area contributed by atoms with E-state index in [-0.39, 0.29) is 11.7 Å². The Bertz CT molecular complexity index is 617. The molecule has 0 saturated carbocycles. The zero-order chi connectivity index (χ0) is 15.4. The summed E-state index contributed by atoms with van der Waals surface area (Å²) in [6.45, 7) is 5.55. The molecule has 3 nitrogen and oxygen atoms in total. The first-order chi connectivity index (χ1) is 9.97. The molecule has 0 aliphatic carbocycles. The molecule has 0 aliphatic rings. The molecule has 112 valence electrons. The van der Waals surface area contributed by atoms with Crippen LogP contribution in [0.5, 0.6) is 5.88 Å². The first-order valence-corrected chi connectivity index (χ1v) is 6.80. The standard InChI is InChI=1S/C16H18F2N2O/c1-10(2)21-16-15(5-4-8-19-16)20-11(3)13-9-12(17)6-7-14(13)18/h4-11,20H,1-3H3. The molecule has 1 atom stereocenters. The van der Waals surface area contributed by atoms with Gasteiger partial charge in [0.2, 0.25) is 5.88 Å². The molecule has 0 saturated heterocycles. The van der Waals surface area contributed by atoms with Crippen LogP contribution < -0.4 is 10.1 Å². The van der Waals surface area contributed by atoms with Crippen LogP contribution in [-0.4, -0.2) is 11.1 Å². The smallest absolute Gasteiger partial charge is 0.237 e. The van der Waals surface area contributed by atoms with E-state index in [2.05, 4.69) is 10.3 Å². The number of hydrogen-bond donors (Lipinski definition) is 1. The lowest BCUT2D eigenvalue weighted by Crippen LogP contribution is -2.13. The number of rotatable bonds is 5. The van der Waals surface area contributed by atoms with Gasteiger partial charge in [0.05, 0.1) is 17.8 Å². The van der Waals surface area contributed by atoms with Gasteiger partial charge in [0.15, 0.2) is 0 Å². The van der Waals surface area contributed by atoms with Crippen LogP contribution in [0.1, 0.15) is 32.4 Å². The van der Waals surface area contributed by atoms with Crippen molar-refractivity contribution in [1.29, 1.82) is 0 Å². The fraction of sp³-hybridized carbons (Fsp3) is 0.312. The third-order valence-corrected chi connectivity index (χ3v) is 2.92. The van der Waals surface area contributed by atoms with Crippen LogP contribution in [0.4, 0.5) is 14.5 Å². The molecule has 2 aromatic rings. The van der Waals surface area contributed by atoms with E-state index in [1.807, 2.05) is 13.8 Å². The van der Waals surface area contributed by atoms with E-state index >= 15 is 0 Å². The van der Waals surface area contributed by atoms with Crippen LogP contribution in [0.2, 0.25) is 0 Å². The minimum absolute atomic E-state index is 0.0262.